The fourth-order valence-electron chi connectivity index (χ4n) is 1.46. The molecule has 0 spiro atoms. The van der Waals surface area contributed by atoms with Gasteiger partial charge in [-0.2, -0.15) is 0 Å². The molecule has 1 N–H and O–H groups in total. The first-order valence-electron chi connectivity index (χ1n) is 5.08. The van der Waals surface area contributed by atoms with Crippen LogP contribution in [-0.4, -0.2) is 0 Å². The molecule has 0 bridgehead atoms. The summed E-state index contributed by atoms with van der Waals surface area (Å²) in [5.41, 5.74) is 1.40. The lowest BCUT2D eigenvalue weighted by molar-refractivity contribution is 0.625. The van der Waals surface area contributed by atoms with E-state index in [2.05, 4.69) is 5.32 Å². The van der Waals surface area contributed by atoms with E-state index in [1.807, 2.05) is 0 Å². The van der Waals surface area contributed by atoms with E-state index >= 15 is 0 Å². The molecule has 0 unspecified atom stereocenters. The highest BCUT2D eigenvalue weighted by Crippen LogP contribution is 2.19. The van der Waals surface area contributed by atoms with Gasteiger partial charge in [-0.15, -0.1) is 0 Å². The zero-order chi connectivity index (χ0) is 12.3. The fourth-order valence-corrected chi connectivity index (χ4v) is 1.57. The summed E-state index contributed by atoms with van der Waals surface area (Å²) in [6.45, 7) is 0.429. The molecular formula is C13H10ClF2N. The normalized spacial score (nSPS) is 10.3. The van der Waals surface area contributed by atoms with Crippen LogP contribution < -0.4 is 5.32 Å². The third kappa shape index (κ3) is 3.17. The van der Waals surface area contributed by atoms with Gasteiger partial charge < -0.3 is 5.32 Å². The maximum atomic E-state index is 13.1. The van der Waals surface area contributed by atoms with E-state index in [1.54, 1.807) is 18.2 Å². The van der Waals surface area contributed by atoms with Crippen LogP contribution in [0, 0.1) is 11.6 Å². The summed E-state index contributed by atoms with van der Waals surface area (Å²) in [4.78, 5) is 0. The van der Waals surface area contributed by atoms with Crippen molar-refractivity contribution in [3.63, 3.8) is 0 Å². The number of halogens is 3. The van der Waals surface area contributed by atoms with Gasteiger partial charge in [0, 0.05) is 12.2 Å². The van der Waals surface area contributed by atoms with Gasteiger partial charge in [0.2, 0.25) is 0 Å². The lowest BCUT2D eigenvalue weighted by Crippen LogP contribution is -2.00. The fraction of sp³-hybridized carbons (Fsp3) is 0.0769. The van der Waals surface area contributed by atoms with Gasteiger partial charge in [-0.1, -0.05) is 23.7 Å². The van der Waals surface area contributed by atoms with Crippen molar-refractivity contribution in [2.75, 3.05) is 5.32 Å². The van der Waals surface area contributed by atoms with E-state index in [1.165, 1.54) is 24.3 Å². The van der Waals surface area contributed by atoms with E-state index in [0.29, 0.717) is 12.2 Å². The third-order valence-electron chi connectivity index (χ3n) is 2.31. The average Bonchev–Trinajstić information content (AvgIpc) is 2.31. The Bertz CT molecular complexity index is 529. The molecule has 0 aliphatic rings. The molecular weight excluding hydrogens is 244 g/mol. The van der Waals surface area contributed by atoms with Crippen LogP contribution in [0.1, 0.15) is 5.56 Å². The third-order valence-corrected chi connectivity index (χ3v) is 2.61. The Morgan fingerprint density at radius 2 is 1.88 bits per heavy atom. The largest absolute Gasteiger partial charge is 0.381 e. The molecule has 2 rings (SSSR count). The quantitative estimate of drug-likeness (QED) is 0.863. The van der Waals surface area contributed by atoms with Crippen molar-refractivity contribution in [1.82, 2.24) is 0 Å². The number of benzene rings is 2. The lowest BCUT2D eigenvalue weighted by atomic mass is 10.2. The first-order chi connectivity index (χ1) is 8.15. The topological polar surface area (TPSA) is 12.0 Å². The Labute approximate surface area is 103 Å². The first-order valence-corrected chi connectivity index (χ1v) is 5.46. The van der Waals surface area contributed by atoms with Gasteiger partial charge >= 0.3 is 0 Å². The minimum absolute atomic E-state index is 0.0845. The molecule has 0 aliphatic carbocycles. The number of hydrogen-bond acceptors (Lipinski definition) is 1. The second kappa shape index (κ2) is 5.15. The number of rotatable bonds is 3. The summed E-state index contributed by atoms with van der Waals surface area (Å²) in [6, 6.07) is 10.7. The predicted molar refractivity (Wildman–Crippen MR) is 65.1 cm³/mol. The van der Waals surface area contributed by atoms with E-state index in [4.69, 9.17) is 11.6 Å². The molecule has 17 heavy (non-hydrogen) atoms. The van der Waals surface area contributed by atoms with Gasteiger partial charge in [-0.3, -0.25) is 0 Å². The molecule has 88 valence electrons. The zero-order valence-electron chi connectivity index (χ0n) is 8.88. The van der Waals surface area contributed by atoms with Crippen LogP contribution in [0.2, 0.25) is 5.02 Å². The van der Waals surface area contributed by atoms with Crippen molar-refractivity contribution in [3.8, 4) is 0 Å². The highest BCUT2D eigenvalue weighted by atomic mass is 35.5. The Kier molecular flexibility index (Phi) is 3.59. The zero-order valence-corrected chi connectivity index (χ0v) is 9.64. The van der Waals surface area contributed by atoms with Crippen molar-refractivity contribution in [3.05, 3.63) is 64.7 Å². The monoisotopic (exact) mass is 253 g/mol. The van der Waals surface area contributed by atoms with Gasteiger partial charge in [0.15, 0.2) is 0 Å². The Balaban J connectivity index is 2.05. The molecule has 2 aromatic carbocycles. The molecule has 0 saturated heterocycles. The Hall–Kier alpha value is -1.61. The number of nitrogens with one attached hydrogen (secondary N) is 1. The highest BCUT2D eigenvalue weighted by molar-refractivity contribution is 6.30. The standard InChI is InChI=1S/C13H10ClF2N/c14-12-5-4-11(7-13(12)16)17-8-9-2-1-3-10(15)6-9/h1-7,17H,8H2. The summed E-state index contributed by atoms with van der Waals surface area (Å²) >= 11 is 5.57. The first kappa shape index (κ1) is 11.9. The lowest BCUT2D eigenvalue weighted by Gasteiger charge is -2.07. The van der Waals surface area contributed by atoms with Gasteiger partial charge in [-0.05, 0) is 35.9 Å². The molecule has 4 heteroatoms. The molecule has 0 heterocycles. The average molecular weight is 254 g/mol. The molecule has 0 atom stereocenters. The van der Waals surface area contributed by atoms with E-state index in [0.717, 1.165) is 5.56 Å². The van der Waals surface area contributed by atoms with Crippen molar-refractivity contribution in [2.24, 2.45) is 0 Å². The summed E-state index contributed by atoms with van der Waals surface area (Å²) in [6.07, 6.45) is 0. The van der Waals surface area contributed by atoms with Gasteiger partial charge in [-0.25, -0.2) is 8.78 Å². The number of anilines is 1. The minimum Gasteiger partial charge on any atom is -0.381 e. The van der Waals surface area contributed by atoms with Crippen LogP contribution in [0.4, 0.5) is 14.5 Å². The van der Waals surface area contributed by atoms with Crippen molar-refractivity contribution < 1.29 is 8.78 Å². The molecule has 0 radical (unpaired) electrons. The van der Waals surface area contributed by atoms with Crippen LogP contribution in [0.5, 0.6) is 0 Å². The molecule has 0 aliphatic heterocycles. The summed E-state index contributed by atoms with van der Waals surface area (Å²) < 4.78 is 26.0. The SMILES string of the molecule is Fc1cccc(CNc2ccc(Cl)c(F)c2)c1. The molecule has 1 nitrogen and oxygen atoms in total. The smallest absolute Gasteiger partial charge is 0.143 e. The second-order valence-electron chi connectivity index (χ2n) is 3.61. The van der Waals surface area contributed by atoms with Crippen LogP contribution in [0.3, 0.4) is 0 Å². The Morgan fingerprint density at radius 1 is 1.06 bits per heavy atom. The van der Waals surface area contributed by atoms with Gasteiger partial charge in [0.1, 0.15) is 11.6 Å². The van der Waals surface area contributed by atoms with E-state index in [-0.39, 0.29) is 10.8 Å². The molecule has 0 saturated carbocycles. The number of hydrogen-bond donors (Lipinski definition) is 1. The summed E-state index contributed by atoms with van der Waals surface area (Å²) in [7, 11) is 0. The van der Waals surface area contributed by atoms with Crippen molar-refractivity contribution >= 4 is 17.3 Å². The van der Waals surface area contributed by atoms with Crippen LogP contribution in [0.15, 0.2) is 42.5 Å². The summed E-state index contributed by atoms with van der Waals surface area (Å²) in [5.74, 6) is -0.762. The minimum atomic E-state index is -0.476. The van der Waals surface area contributed by atoms with Crippen molar-refractivity contribution in [1.29, 1.82) is 0 Å². The van der Waals surface area contributed by atoms with E-state index < -0.39 is 5.82 Å². The van der Waals surface area contributed by atoms with Crippen molar-refractivity contribution in [2.45, 2.75) is 6.54 Å². The van der Waals surface area contributed by atoms with Crippen LogP contribution in [0.25, 0.3) is 0 Å². The predicted octanol–water partition coefficient (Wildman–Crippen LogP) is 4.23. The van der Waals surface area contributed by atoms with Gasteiger partial charge in [0.05, 0.1) is 5.02 Å². The van der Waals surface area contributed by atoms with Crippen LogP contribution in [-0.2, 0) is 6.54 Å². The molecule has 0 fully saturated rings. The van der Waals surface area contributed by atoms with E-state index in [9.17, 15) is 8.78 Å². The maximum absolute atomic E-state index is 13.1. The molecule has 2 aromatic rings. The van der Waals surface area contributed by atoms with Gasteiger partial charge in [0.25, 0.3) is 0 Å². The Morgan fingerprint density at radius 3 is 2.59 bits per heavy atom. The second-order valence-corrected chi connectivity index (χ2v) is 4.02. The molecule has 0 amide bonds. The van der Waals surface area contributed by atoms with Crippen LogP contribution >= 0.6 is 11.6 Å². The maximum Gasteiger partial charge on any atom is 0.143 e. The highest BCUT2D eigenvalue weighted by Gasteiger charge is 2.01. The molecule has 0 aromatic heterocycles. The summed E-state index contributed by atoms with van der Waals surface area (Å²) in [5, 5.41) is 3.08.